The molecule has 0 heterocycles. The summed E-state index contributed by atoms with van der Waals surface area (Å²) in [5, 5.41) is 8.95. The molecule has 0 aliphatic rings. The van der Waals surface area contributed by atoms with Crippen LogP contribution in [0.25, 0.3) is 0 Å². The molecule has 0 aliphatic heterocycles. The van der Waals surface area contributed by atoms with Gasteiger partial charge in [0.25, 0.3) is 5.91 Å². The van der Waals surface area contributed by atoms with E-state index >= 15 is 0 Å². The monoisotopic (exact) mass is 265 g/mol. The van der Waals surface area contributed by atoms with E-state index in [1.807, 2.05) is 19.1 Å². The lowest BCUT2D eigenvalue weighted by atomic mass is 10.1. The molecule has 0 saturated heterocycles. The van der Waals surface area contributed by atoms with Crippen molar-refractivity contribution in [2.24, 2.45) is 0 Å². The summed E-state index contributed by atoms with van der Waals surface area (Å²) in [4.78, 5) is 24.5. The largest absolute Gasteiger partial charge is 0.480 e. The molecular formula is C14H19NO4. The van der Waals surface area contributed by atoms with Crippen molar-refractivity contribution in [2.75, 3.05) is 18.6 Å². The highest BCUT2D eigenvalue weighted by molar-refractivity contribution is 6.02. The van der Waals surface area contributed by atoms with Gasteiger partial charge < -0.3 is 9.84 Å². The molecule has 1 N–H and O–H groups in total. The number of carboxylic acid groups (broad SMARTS) is 1. The Morgan fingerprint density at radius 1 is 1.26 bits per heavy atom. The van der Waals surface area contributed by atoms with Gasteiger partial charge in [-0.2, -0.15) is 0 Å². The molecule has 0 bridgehead atoms. The molecule has 1 aromatic rings. The minimum absolute atomic E-state index is 0.388. The number of amides is 1. The average molecular weight is 265 g/mol. The van der Waals surface area contributed by atoms with Gasteiger partial charge in [-0.05, 0) is 32.9 Å². The third-order valence-corrected chi connectivity index (χ3v) is 2.91. The molecule has 104 valence electrons. The zero-order valence-corrected chi connectivity index (χ0v) is 11.6. The maximum atomic E-state index is 12.4. The van der Waals surface area contributed by atoms with Gasteiger partial charge in [0.2, 0.25) is 0 Å². The minimum atomic E-state index is -1.07. The Bertz CT molecular complexity index is 465. The van der Waals surface area contributed by atoms with Gasteiger partial charge in [0.1, 0.15) is 12.1 Å². The highest BCUT2D eigenvalue weighted by Gasteiger charge is 2.33. The van der Waals surface area contributed by atoms with Crippen LogP contribution in [-0.2, 0) is 14.3 Å². The molecule has 1 amide bonds. The third-order valence-electron chi connectivity index (χ3n) is 2.91. The smallest absolute Gasteiger partial charge is 0.323 e. The van der Waals surface area contributed by atoms with Gasteiger partial charge in [0.05, 0.1) is 0 Å². The predicted molar refractivity (Wildman–Crippen MR) is 72.3 cm³/mol. The van der Waals surface area contributed by atoms with Crippen molar-refractivity contribution in [1.82, 2.24) is 0 Å². The van der Waals surface area contributed by atoms with E-state index in [4.69, 9.17) is 9.84 Å². The lowest BCUT2D eigenvalue weighted by Gasteiger charge is -2.30. The second-order valence-corrected chi connectivity index (χ2v) is 4.84. The second kappa shape index (κ2) is 5.84. The van der Waals surface area contributed by atoms with E-state index in [2.05, 4.69) is 0 Å². The van der Waals surface area contributed by atoms with Crippen LogP contribution in [0.5, 0.6) is 0 Å². The standard InChI is InChI=1S/C14H19NO4/c1-10-5-7-11(8-6-10)15(9-12(16)17)13(18)14(2,3)19-4/h5-8H,9H2,1-4H3,(H,16,17). The van der Waals surface area contributed by atoms with Crippen LogP contribution < -0.4 is 4.90 Å². The molecule has 1 rings (SSSR count). The molecular weight excluding hydrogens is 246 g/mol. The number of hydrogen-bond acceptors (Lipinski definition) is 3. The van der Waals surface area contributed by atoms with Crippen LogP contribution in [0.1, 0.15) is 19.4 Å². The van der Waals surface area contributed by atoms with Crippen molar-refractivity contribution < 1.29 is 19.4 Å². The number of aliphatic carboxylic acids is 1. The topological polar surface area (TPSA) is 66.8 Å². The van der Waals surface area contributed by atoms with Crippen molar-refractivity contribution in [2.45, 2.75) is 26.4 Å². The van der Waals surface area contributed by atoms with Crippen LogP contribution in [0.4, 0.5) is 5.69 Å². The Balaban J connectivity index is 3.11. The summed E-state index contributed by atoms with van der Waals surface area (Å²) in [6, 6.07) is 7.11. The van der Waals surface area contributed by atoms with Crippen LogP contribution in [-0.4, -0.2) is 36.2 Å². The van der Waals surface area contributed by atoms with Crippen molar-refractivity contribution in [1.29, 1.82) is 0 Å². The normalized spacial score (nSPS) is 11.2. The molecule has 19 heavy (non-hydrogen) atoms. The first-order valence-corrected chi connectivity index (χ1v) is 5.93. The summed E-state index contributed by atoms with van der Waals surface area (Å²) >= 11 is 0. The minimum Gasteiger partial charge on any atom is -0.480 e. The van der Waals surface area contributed by atoms with E-state index < -0.39 is 18.1 Å². The molecule has 0 saturated carbocycles. The fourth-order valence-corrected chi connectivity index (χ4v) is 1.55. The molecule has 0 radical (unpaired) electrons. The number of methoxy groups -OCH3 is 1. The van der Waals surface area contributed by atoms with Gasteiger partial charge >= 0.3 is 5.97 Å². The van der Waals surface area contributed by atoms with Crippen LogP contribution >= 0.6 is 0 Å². The van der Waals surface area contributed by atoms with Crippen LogP contribution in [0.3, 0.4) is 0 Å². The predicted octanol–water partition coefficient (Wildman–Crippen LogP) is 1.84. The van der Waals surface area contributed by atoms with Crippen LogP contribution in [0, 0.1) is 6.92 Å². The Labute approximate surface area is 112 Å². The van der Waals surface area contributed by atoms with Gasteiger partial charge in [-0.15, -0.1) is 0 Å². The highest BCUT2D eigenvalue weighted by atomic mass is 16.5. The average Bonchev–Trinajstić information content (AvgIpc) is 2.36. The second-order valence-electron chi connectivity index (χ2n) is 4.84. The molecule has 5 nitrogen and oxygen atoms in total. The molecule has 1 aromatic carbocycles. The first-order valence-electron chi connectivity index (χ1n) is 5.93. The van der Waals surface area contributed by atoms with E-state index in [9.17, 15) is 9.59 Å². The van der Waals surface area contributed by atoms with E-state index in [0.29, 0.717) is 5.69 Å². The third kappa shape index (κ3) is 3.79. The van der Waals surface area contributed by atoms with E-state index in [-0.39, 0.29) is 5.91 Å². The maximum absolute atomic E-state index is 12.4. The molecule has 0 aliphatic carbocycles. The molecule has 0 atom stereocenters. The number of aryl methyl sites for hydroxylation is 1. The number of carboxylic acids is 1. The summed E-state index contributed by atoms with van der Waals surface area (Å²) in [6.07, 6.45) is 0. The Kier molecular flexibility index (Phi) is 4.67. The van der Waals surface area contributed by atoms with Gasteiger partial charge in [0, 0.05) is 12.8 Å². The first kappa shape index (κ1) is 15.2. The number of anilines is 1. The summed E-state index contributed by atoms with van der Waals surface area (Å²) in [5.74, 6) is -1.46. The molecule has 5 heteroatoms. The zero-order valence-electron chi connectivity index (χ0n) is 11.6. The quantitative estimate of drug-likeness (QED) is 0.882. The summed E-state index contributed by atoms with van der Waals surface area (Å²) in [5.41, 5.74) is 0.515. The number of nitrogens with zero attached hydrogens (tertiary/aromatic N) is 1. The maximum Gasteiger partial charge on any atom is 0.323 e. The fraction of sp³-hybridized carbons (Fsp3) is 0.429. The van der Waals surface area contributed by atoms with Gasteiger partial charge in [-0.25, -0.2) is 0 Å². The fourth-order valence-electron chi connectivity index (χ4n) is 1.55. The number of carbonyl (C=O) groups excluding carboxylic acids is 1. The first-order chi connectivity index (χ1) is 8.77. The van der Waals surface area contributed by atoms with Crippen LogP contribution in [0.2, 0.25) is 0 Å². The van der Waals surface area contributed by atoms with Gasteiger partial charge in [-0.1, -0.05) is 17.7 Å². The van der Waals surface area contributed by atoms with Crippen LogP contribution in [0.15, 0.2) is 24.3 Å². The number of hydrogen-bond donors (Lipinski definition) is 1. The molecule has 0 aromatic heterocycles. The SMILES string of the molecule is COC(C)(C)C(=O)N(CC(=O)O)c1ccc(C)cc1. The molecule has 0 fully saturated rings. The molecule has 0 unspecified atom stereocenters. The highest BCUT2D eigenvalue weighted by Crippen LogP contribution is 2.20. The molecule has 0 spiro atoms. The number of ether oxygens (including phenoxy) is 1. The summed E-state index contributed by atoms with van der Waals surface area (Å²) < 4.78 is 5.12. The van der Waals surface area contributed by atoms with E-state index in [1.54, 1.807) is 26.0 Å². The Hall–Kier alpha value is -1.88. The van der Waals surface area contributed by atoms with Gasteiger partial charge in [-0.3, -0.25) is 14.5 Å². The number of rotatable bonds is 5. The zero-order chi connectivity index (χ0) is 14.6. The lowest BCUT2D eigenvalue weighted by Crippen LogP contribution is -2.48. The van der Waals surface area contributed by atoms with E-state index in [1.165, 1.54) is 12.0 Å². The number of carbonyl (C=O) groups is 2. The van der Waals surface area contributed by atoms with E-state index in [0.717, 1.165) is 5.56 Å². The Morgan fingerprint density at radius 3 is 2.21 bits per heavy atom. The van der Waals surface area contributed by atoms with Crippen molar-refractivity contribution >= 4 is 17.6 Å². The van der Waals surface area contributed by atoms with Gasteiger partial charge in [0.15, 0.2) is 0 Å². The Morgan fingerprint density at radius 2 is 1.79 bits per heavy atom. The summed E-state index contributed by atoms with van der Waals surface area (Å²) in [6.45, 7) is 4.75. The summed E-state index contributed by atoms with van der Waals surface area (Å²) in [7, 11) is 1.42. The number of benzene rings is 1. The van der Waals surface area contributed by atoms with Crippen molar-refractivity contribution in [3.05, 3.63) is 29.8 Å². The van der Waals surface area contributed by atoms with Crippen molar-refractivity contribution in [3.63, 3.8) is 0 Å². The lowest BCUT2D eigenvalue weighted by molar-refractivity contribution is -0.141. The van der Waals surface area contributed by atoms with Crippen molar-refractivity contribution in [3.8, 4) is 0 Å².